The lowest BCUT2D eigenvalue weighted by Crippen LogP contribution is -1.94. The van der Waals surface area contributed by atoms with E-state index >= 15 is 0 Å². The molecule has 2 rings (SSSR count). The fourth-order valence-corrected chi connectivity index (χ4v) is 2.16. The lowest BCUT2D eigenvalue weighted by Gasteiger charge is -2.01. The number of nitrogen functional groups attached to an aromatic ring is 1. The van der Waals surface area contributed by atoms with Crippen LogP contribution >= 0.6 is 11.3 Å². The average molecular weight is 219 g/mol. The van der Waals surface area contributed by atoms with Crippen LogP contribution in [-0.4, -0.2) is 11.1 Å². The van der Waals surface area contributed by atoms with E-state index in [1.54, 1.807) is 23.6 Å². The molecule has 0 saturated carbocycles. The van der Waals surface area contributed by atoms with E-state index in [1.165, 1.54) is 11.3 Å². The minimum atomic E-state index is -0.901. The highest BCUT2D eigenvalue weighted by molar-refractivity contribution is 7.12. The van der Waals surface area contributed by atoms with Gasteiger partial charge in [0.1, 0.15) is 4.88 Å². The highest BCUT2D eigenvalue weighted by atomic mass is 32.1. The molecule has 15 heavy (non-hydrogen) atoms. The molecular formula is C11H9NO2S. The molecule has 0 fully saturated rings. The summed E-state index contributed by atoms with van der Waals surface area (Å²) in [7, 11) is 0. The Labute approximate surface area is 90.8 Å². The van der Waals surface area contributed by atoms with Crippen LogP contribution in [0.15, 0.2) is 35.7 Å². The number of carbonyl (C=O) groups is 1. The van der Waals surface area contributed by atoms with Crippen LogP contribution in [0.1, 0.15) is 9.67 Å². The first kappa shape index (κ1) is 9.73. The predicted molar refractivity (Wildman–Crippen MR) is 61.1 cm³/mol. The molecule has 3 nitrogen and oxygen atoms in total. The van der Waals surface area contributed by atoms with Crippen LogP contribution in [-0.2, 0) is 0 Å². The molecule has 4 heteroatoms. The van der Waals surface area contributed by atoms with Gasteiger partial charge in [-0.2, -0.15) is 0 Å². The van der Waals surface area contributed by atoms with Crippen molar-refractivity contribution in [2.75, 3.05) is 5.73 Å². The maximum absolute atomic E-state index is 10.9. The Kier molecular flexibility index (Phi) is 2.43. The normalized spacial score (nSPS) is 10.1. The minimum Gasteiger partial charge on any atom is -0.477 e. The summed E-state index contributed by atoms with van der Waals surface area (Å²) < 4.78 is 0. The van der Waals surface area contributed by atoms with Gasteiger partial charge in [-0.25, -0.2) is 4.79 Å². The van der Waals surface area contributed by atoms with Gasteiger partial charge < -0.3 is 10.8 Å². The van der Waals surface area contributed by atoms with Gasteiger partial charge in [0.05, 0.1) is 0 Å². The fourth-order valence-electron chi connectivity index (χ4n) is 1.41. The summed E-state index contributed by atoms with van der Waals surface area (Å²) in [5.41, 5.74) is 7.84. The molecule has 2 aromatic rings. The average Bonchev–Trinajstić information content (AvgIpc) is 2.65. The van der Waals surface area contributed by atoms with Crippen LogP contribution in [0.5, 0.6) is 0 Å². The second kappa shape index (κ2) is 3.74. The number of carboxylic acids is 1. The third-order valence-electron chi connectivity index (χ3n) is 2.06. The van der Waals surface area contributed by atoms with Gasteiger partial charge in [-0.1, -0.05) is 12.1 Å². The van der Waals surface area contributed by atoms with Gasteiger partial charge >= 0.3 is 5.97 Å². The molecule has 0 spiro atoms. The number of rotatable bonds is 2. The third kappa shape index (κ3) is 1.85. The van der Waals surface area contributed by atoms with E-state index < -0.39 is 5.97 Å². The molecule has 1 aromatic heterocycles. The molecular weight excluding hydrogens is 210 g/mol. The number of nitrogens with two attached hydrogens (primary N) is 1. The van der Waals surface area contributed by atoms with Crippen molar-refractivity contribution in [3.05, 3.63) is 40.6 Å². The maximum Gasteiger partial charge on any atom is 0.346 e. The Balaban J connectivity index is 2.54. The summed E-state index contributed by atoms with van der Waals surface area (Å²) in [5, 5.41) is 10.7. The van der Waals surface area contributed by atoms with Crippen molar-refractivity contribution in [1.82, 2.24) is 0 Å². The second-order valence-corrected chi connectivity index (χ2v) is 4.01. The van der Waals surface area contributed by atoms with Gasteiger partial charge in [0.25, 0.3) is 0 Å². The number of aromatic carboxylic acids is 1. The number of hydrogen-bond acceptors (Lipinski definition) is 3. The number of anilines is 1. The summed E-state index contributed by atoms with van der Waals surface area (Å²) in [6, 6.07) is 9.01. The molecule has 1 heterocycles. The van der Waals surface area contributed by atoms with Gasteiger partial charge in [0, 0.05) is 11.3 Å². The van der Waals surface area contributed by atoms with Crippen molar-refractivity contribution in [2.24, 2.45) is 0 Å². The lowest BCUT2D eigenvalue weighted by molar-refractivity contribution is 0.0703. The second-order valence-electron chi connectivity index (χ2n) is 3.09. The standard InChI is InChI=1S/C11H9NO2S/c12-8-3-1-2-7(6-8)9-4-5-15-10(9)11(13)14/h1-6H,12H2,(H,13,14). The van der Waals surface area contributed by atoms with Crippen LogP contribution < -0.4 is 5.73 Å². The molecule has 1 aromatic carbocycles. The highest BCUT2D eigenvalue weighted by Gasteiger charge is 2.12. The Morgan fingerprint density at radius 1 is 1.33 bits per heavy atom. The molecule has 0 radical (unpaired) electrons. The first-order valence-corrected chi connectivity index (χ1v) is 5.23. The summed E-state index contributed by atoms with van der Waals surface area (Å²) >= 11 is 1.22. The van der Waals surface area contributed by atoms with Gasteiger partial charge in [-0.05, 0) is 29.1 Å². The molecule has 0 saturated heterocycles. The lowest BCUT2D eigenvalue weighted by atomic mass is 10.1. The topological polar surface area (TPSA) is 63.3 Å². The third-order valence-corrected chi connectivity index (χ3v) is 2.96. The van der Waals surface area contributed by atoms with E-state index in [2.05, 4.69) is 0 Å². The Hall–Kier alpha value is -1.81. The molecule has 0 aliphatic carbocycles. The Bertz CT molecular complexity index is 505. The van der Waals surface area contributed by atoms with Crippen LogP contribution in [0.4, 0.5) is 5.69 Å². The Morgan fingerprint density at radius 2 is 2.13 bits per heavy atom. The summed E-state index contributed by atoms with van der Waals surface area (Å²) in [4.78, 5) is 11.3. The zero-order valence-electron chi connectivity index (χ0n) is 7.81. The first-order valence-electron chi connectivity index (χ1n) is 4.35. The number of thiophene rings is 1. The van der Waals surface area contributed by atoms with E-state index in [4.69, 9.17) is 10.8 Å². The molecule has 0 unspecified atom stereocenters. The van der Waals surface area contributed by atoms with Crippen molar-refractivity contribution >= 4 is 23.0 Å². The number of hydrogen-bond donors (Lipinski definition) is 2. The van der Waals surface area contributed by atoms with Gasteiger partial charge in [-0.15, -0.1) is 11.3 Å². The van der Waals surface area contributed by atoms with Crippen LogP contribution in [0.2, 0.25) is 0 Å². The quantitative estimate of drug-likeness (QED) is 0.763. The minimum absolute atomic E-state index is 0.348. The van der Waals surface area contributed by atoms with Gasteiger partial charge in [0.2, 0.25) is 0 Å². The first-order chi connectivity index (χ1) is 7.18. The fraction of sp³-hybridized carbons (Fsp3) is 0. The smallest absolute Gasteiger partial charge is 0.346 e. The van der Waals surface area contributed by atoms with Crippen molar-refractivity contribution in [3.63, 3.8) is 0 Å². The highest BCUT2D eigenvalue weighted by Crippen LogP contribution is 2.29. The number of carboxylic acid groups (broad SMARTS) is 1. The monoisotopic (exact) mass is 219 g/mol. The van der Waals surface area contributed by atoms with Gasteiger partial charge in [-0.3, -0.25) is 0 Å². The molecule has 0 aliphatic heterocycles. The van der Waals surface area contributed by atoms with Crippen LogP contribution in [0.3, 0.4) is 0 Å². The van der Waals surface area contributed by atoms with Crippen molar-refractivity contribution in [2.45, 2.75) is 0 Å². The SMILES string of the molecule is Nc1cccc(-c2ccsc2C(=O)O)c1. The maximum atomic E-state index is 10.9. The van der Waals surface area contributed by atoms with Crippen molar-refractivity contribution in [3.8, 4) is 11.1 Å². The van der Waals surface area contributed by atoms with E-state index in [1.807, 2.05) is 12.1 Å². The van der Waals surface area contributed by atoms with Crippen molar-refractivity contribution in [1.29, 1.82) is 0 Å². The van der Waals surface area contributed by atoms with Crippen LogP contribution in [0, 0.1) is 0 Å². The molecule has 0 bridgehead atoms. The van der Waals surface area contributed by atoms with Crippen molar-refractivity contribution < 1.29 is 9.90 Å². The molecule has 0 amide bonds. The van der Waals surface area contributed by atoms with Gasteiger partial charge in [0.15, 0.2) is 0 Å². The molecule has 0 aliphatic rings. The largest absolute Gasteiger partial charge is 0.477 e. The molecule has 76 valence electrons. The van der Waals surface area contributed by atoms with E-state index in [-0.39, 0.29) is 0 Å². The molecule has 3 N–H and O–H groups in total. The summed E-state index contributed by atoms with van der Waals surface area (Å²) in [6.45, 7) is 0. The zero-order valence-corrected chi connectivity index (χ0v) is 8.62. The van der Waals surface area contributed by atoms with Crippen LogP contribution in [0.25, 0.3) is 11.1 Å². The van der Waals surface area contributed by atoms with E-state index in [9.17, 15) is 4.79 Å². The summed E-state index contributed by atoms with van der Waals surface area (Å²) in [5.74, 6) is -0.901. The van der Waals surface area contributed by atoms with E-state index in [0.29, 0.717) is 10.6 Å². The molecule has 0 atom stereocenters. The number of benzene rings is 1. The van der Waals surface area contributed by atoms with E-state index in [0.717, 1.165) is 11.1 Å². The predicted octanol–water partition coefficient (Wildman–Crippen LogP) is 2.70. The Morgan fingerprint density at radius 3 is 2.80 bits per heavy atom. The zero-order chi connectivity index (χ0) is 10.8. The summed E-state index contributed by atoms with van der Waals surface area (Å²) in [6.07, 6.45) is 0.